The van der Waals surface area contributed by atoms with Crippen molar-refractivity contribution in [3.63, 3.8) is 0 Å². The maximum Gasteiger partial charge on any atom is 0.238 e. The summed E-state index contributed by atoms with van der Waals surface area (Å²) in [5.41, 5.74) is 0.456. The van der Waals surface area contributed by atoms with Gasteiger partial charge in [-0.2, -0.15) is 10.5 Å². The minimum absolute atomic E-state index is 0.221. The summed E-state index contributed by atoms with van der Waals surface area (Å²) in [5, 5.41) is 19.9. The summed E-state index contributed by atoms with van der Waals surface area (Å²) < 4.78 is 0.534. The largest absolute Gasteiger partial charge is 0.323 e. The molecule has 0 saturated carbocycles. The van der Waals surface area contributed by atoms with E-state index in [0.29, 0.717) is 4.47 Å². The Morgan fingerprint density at radius 2 is 2.19 bits per heavy atom. The van der Waals surface area contributed by atoms with Crippen LogP contribution in [0.3, 0.4) is 0 Å². The molecular weight excluding hydrogens is 293 g/mol. The van der Waals surface area contributed by atoms with Gasteiger partial charge in [0, 0.05) is 4.47 Å². The summed E-state index contributed by atoms with van der Waals surface area (Å²) >= 11 is 9.03. The topological polar surface area (TPSA) is 76.7 Å². The van der Waals surface area contributed by atoms with Crippen LogP contribution >= 0.6 is 27.5 Å². The van der Waals surface area contributed by atoms with Crippen molar-refractivity contribution < 1.29 is 4.79 Å². The van der Waals surface area contributed by atoms with Gasteiger partial charge in [0.25, 0.3) is 0 Å². The van der Waals surface area contributed by atoms with E-state index >= 15 is 0 Å². The molecule has 0 radical (unpaired) electrons. The quantitative estimate of drug-likeness (QED) is 0.912. The Kier molecular flexibility index (Phi) is 4.30. The molecule has 0 aliphatic heterocycles. The van der Waals surface area contributed by atoms with Crippen molar-refractivity contribution >= 4 is 39.1 Å². The lowest BCUT2D eigenvalue weighted by Gasteiger charge is -2.08. The van der Waals surface area contributed by atoms with Crippen LogP contribution in [0.4, 0.5) is 5.69 Å². The number of rotatable bonds is 2. The fraction of sp³-hybridized carbons (Fsp3) is 0.100. The third-order valence-corrected chi connectivity index (χ3v) is 2.70. The molecule has 0 aromatic heterocycles. The van der Waals surface area contributed by atoms with Crippen LogP contribution in [0.15, 0.2) is 16.6 Å². The Morgan fingerprint density at radius 1 is 1.50 bits per heavy atom. The van der Waals surface area contributed by atoms with Gasteiger partial charge in [-0.05, 0) is 28.1 Å². The fourth-order valence-electron chi connectivity index (χ4n) is 1.04. The van der Waals surface area contributed by atoms with Crippen LogP contribution < -0.4 is 5.32 Å². The molecule has 16 heavy (non-hydrogen) atoms. The molecule has 80 valence electrons. The Balaban J connectivity index is 3.14. The molecule has 1 aromatic rings. The summed E-state index contributed by atoms with van der Waals surface area (Å²) in [6.45, 7) is 0. The molecule has 0 fully saturated rings. The molecule has 0 spiro atoms. The van der Waals surface area contributed by atoms with E-state index in [2.05, 4.69) is 21.2 Å². The lowest BCUT2D eigenvalue weighted by atomic mass is 10.2. The molecule has 1 amide bonds. The number of hydrogen-bond donors (Lipinski definition) is 1. The van der Waals surface area contributed by atoms with Crippen LogP contribution in [-0.2, 0) is 4.79 Å². The zero-order valence-corrected chi connectivity index (χ0v) is 10.3. The number of nitriles is 2. The van der Waals surface area contributed by atoms with Gasteiger partial charge in [0.2, 0.25) is 5.91 Å². The molecule has 0 aliphatic carbocycles. The Bertz CT molecular complexity index is 516. The Hall–Kier alpha value is -1.56. The number of carbonyl (C=O) groups excluding carboxylic acids is 1. The predicted octanol–water partition coefficient (Wildman–Crippen LogP) is 2.83. The van der Waals surface area contributed by atoms with E-state index in [-0.39, 0.29) is 22.7 Å². The van der Waals surface area contributed by atoms with Crippen molar-refractivity contribution in [1.29, 1.82) is 10.5 Å². The van der Waals surface area contributed by atoms with E-state index < -0.39 is 5.91 Å². The highest BCUT2D eigenvalue weighted by atomic mass is 79.9. The average molecular weight is 299 g/mol. The first-order valence-corrected chi connectivity index (χ1v) is 5.32. The second kappa shape index (κ2) is 5.50. The molecule has 1 aromatic carbocycles. The van der Waals surface area contributed by atoms with E-state index in [4.69, 9.17) is 22.1 Å². The van der Waals surface area contributed by atoms with Gasteiger partial charge in [-0.15, -0.1) is 0 Å². The van der Waals surface area contributed by atoms with E-state index in [0.717, 1.165) is 0 Å². The summed E-state index contributed by atoms with van der Waals surface area (Å²) in [6, 6.07) is 6.79. The lowest BCUT2D eigenvalue weighted by Crippen LogP contribution is -2.12. The third-order valence-electron chi connectivity index (χ3n) is 1.72. The Labute approximate surface area is 106 Å². The first-order chi connectivity index (χ1) is 7.60. The molecule has 0 bridgehead atoms. The zero-order chi connectivity index (χ0) is 12.1. The molecule has 0 heterocycles. The SMILES string of the molecule is N#CCC(=O)Nc1c(Cl)ccc(Br)c1C#N. The van der Waals surface area contributed by atoms with E-state index in [1.54, 1.807) is 18.2 Å². The van der Waals surface area contributed by atoms with Crippen LogP contribution in [0.1, 0.15) is 12.0 Å². The first-order valence-electron chi connectivity index (χ1n) is 4.15. The van der Waals surface area contributed by atoms with Crippen molar-refractivity contribution in [3.8, 4) is 12.1 Å². The van der Waals surface area contributed by atoms with Crippen LogP contribution in [0, 0.1) is 22.7 Å². The minimum Gasteiger partial charge on any atom is -0.323 e. The second-order valence-electron chi connectivity index (χ2n) is 2.77. The molecule has 4 nitrogen and oxygen atoms in total. The monoisotopic (exact) mass is 297 g/mol. The minimum atomic E-state index is -0.501. The summed E-state index contributed by atoms with van der Waals surface area (Å²) in [7, 11) is 0. The molecule has 0 aliphatic rings. The van der Waals surface area contributed by atoms with Crippen molar-refractivity contribution in [3.05, 3.63) is 27.2 Å². The highest BCUT2D eigenvalue weighted by molar-refractivity contribution is 9.10. The molecule has 0 saturated heterocycles. The highest BCUT2D eigenvalue weighted by Crippen LogP contribution is 2.31. The van der Waals surface area contributed by atoms with Gasteiger partial charge in [0.05, 0.1) is 22.3 Å². The Morgan fingerprint density at radius 3 is 2.75 bits per heavy atom. The normalized spacial score (nSPS) is 9.00. The number of carbonyl (C=O) groups is 1. The number of hydrogen-bond acceptors (Lipinski definition) is 3. The number of nitrogens with zero attached hydrogens (tertiary/aromatic N) is 2. The van der Waals surface area contributed by atoms with Gasteiger partial charge in [-0.3, -0.25) is 4.79 Å². The molecule has 1 rings (SSSR count). The van der Waals surface area contributed by atoms with Crippen LogP contribution in [0.5, 0.6) is 0 Å². The molecule has 0 atom stereocenters. The molecule has 0 unspecified atom stereocenters. The average Bonchev–Trinajstić information content (AvgIpc) is 2.24. The van der Waals surface area contributed by atoms with Crippen LogP contribution in [0.2, 0.25) is 5.02 Å². The number of anilines is 1. The van der Waals surface area contributed by atoms with E-state index in [1.165, 1.54) is 0 Å². The molecule has 1 N–H and O–H groups in total. The molecule has 6 heteroatoms. The number of nitrogens with one attached hydrogen (secondary N) is 1. The van der Waals surface area contributed by atoms with Crippen molar-refractivity contribution in [2.24, 2.45) is 0 Å². The van der Waals surface area contributed by atoms with Crippen molar-refractivity contribution in [1.82, 2.24) is 0 Å². The van der Waals surface area contributed by atoms with Crippen molar-refractivity contribution in [2.75, 3.05) is 5.32 Å². The maximum atomic E-state index is 11.2. The summed E-state index contributed by atoms with van der Waals surface area (Å²) in [4.78, 5) is 11.2. The first kappa shape index (κ1) is 12.5. The third kappa shape index (κ3) is 2.73. The number of halogens is 2. The smallest absolute Gasteiger partial charge is 0.238 e. The molecular formula is C10H5BrClN3O. The summed E-state index contributed by atoms with van der Waals surface area (Å²) in [6.07, 6.45) is -0.284. The van der Waals surface area contributed by atoms with E-state index in [1.807, 2.05) is 6.07 Å². The number of benzene rings is 1. The van der Waals surface area contributed by atoms with Gasteiger partial charge < -0.3 is 5.32 Å². The zero-order valence-electron chi connectivity index (χ0n) is 7.92. The standard InChI is InChI=1S/C10H5BrClN3O/c11-7-1-2-8(12)10(6(7)5-14)15-9(16)3-4-13/h1-2H,3H2,(H,15,16). The van der Waals surface area contributed by atoms with Gasteiger partial charge in [-0.25, -0.2) is 0 Å². The van der Waals surface area contributed by atoms with Crippen molar-refractivity contribution in [2.45, 2.75) is 6.42 Å². The van der Waals surface area contributed by atoms with Crippen LogP contribution in [0.25, 0.3) is 0 Å². The lowest BCUT2D eigenvalue weighted by molar-refractivity contribution is -0.115. The highest BCUT2D eigenvalue weighted by Gasteiger charge is 2.13. The van der Waals surface area contributed by atoms with Gasteiger partial charge in [0.15, 0.2) is 0 Å². The number of amides is 1. The van der Waals surface area contributed by atoms with Gasteiger partial charge >= 0.3 is 0 Å². The van der Waals surface area contributed by atoms with E-state index in [9.17, 15) is 4.79 Å². The van der Waals surface area contributed by atoms with Crippen LogP contribution in [-0.4, -0.2) is 5.91 Å². The second-order valence-corrected chi connectivity index (χ2v) is 4.04. The maximum absolute atomic E-state index is 11.2. The van der Waals surface area contributed by atoms with Gasteiger partial charge in [0.1, 0.15) is 12.5 Å². The summed E-state index contributed by atoms with van der Waals surface area (Å²) in [5.74, 6) is -0.501. The predicted molar refractivity (Wildman–Crippen MR) is 62.7 cm³/mol. The fourth-order valence-corrected chi connectivity index (χ4v) is 1.66. The van der Waals surface area contributed by atoms with Gasteiger partial charge in [-0.1, -0.05) is 11.6 Å².